The molecule has 3 nitrogen and oxygen atoms in total. The molecule has 18 heavy (non-hydrogen) atoms. The summed E-state index contributed by atoms with van der Waals surface area (Å²) < 4.78 is 23.7. The predicted molar refractivity (Wildman–Crippen MR) is 66.6 cm³/mol. The van der Waals surface area contributed by atoms with E-state index in [-0.39, 0.29) is 5.88 Å². The summed E-state index contributed by atoms with van der Waals surface area (Å²) in [6.45, 7) is 2.06. The maximum Gasteiger partial charge on any atom is 0.222 e. The number of pyridine rings is 1. The van der Waals surface area contributed by atoms with Crippen LogP contribution in [0.15, 0.2) is 36.4 Å². The number of methoxy groups -OCH3 is 1. The molecule has 0 unspecified atom stereocenters. The lowest BCUT2D eigenvalue weighted by atomic mass is 10.1. The van der Waals surface area contributed by atoms with Gasteiger partial charge in [-0.15, -0.1) is 0 Å². The number of hydrogen-bond acceptors (Lipinski definition) is 3. The number of ether oxygens (including phenoxy) is 2. The number of benzene rings is 1. The van der Waals surface area contributed by atoms with Gasteiger partial charge in [0.2, 0.25) is 11.8 Å². The summed E-state index contributed by atoms with van der Waals surface area (Å²) in [7, 11) is 1.57. The van der Waals surface area contributed by atoms with Crippen LogP contribution in [0, 0.1) is 5.95 Å². The molecule has 94 valence electrons. The van der Waals surface area contributed by atoms with Gasteiger partial charge < -0.3 is 9.47 Å². The zero-order valence-electron chi connectivity index (χ0n) is 10.3. The molecule has 0 radical (unpaired) electrons. The Morgan fingerprint density at radius 3 is 2.67 bits per heavy atom. The highest BCUT2D eigenvalue weighted by atomic mass is 19.1. The van der Waals surface area contributed by atoms with Crippen LogP contribution in [-0.4, -0.2) is 12.1 Å². The minimum atomic E-state index is -0.573. The first-order chi connectivity index (χ1) is 8.72. The molecule has 0 bridgehead atoms. The van der Waals surface area contributed by atoms with Crippen LogP contribution in [0.25, 0.3) is 0 Å². The van der Waals surface area contributed by atoms with Crippen molar-refractivity contribution < 1.29 is 13.9 Å². The Bertz CT molecular complexity index is 543. The maximum absolute atomic E-state index is 12.9. The molecule has 0 N–H and O–H groups in total. The van der Waals surface area contributed by atoms with E-state index < -0.39 is 5.95 Å². The quantitative estimate of drug-likeness (QED) is 0.774. The van der Waals surface area contributed by atoms with Crippen molar-refractivity contribution in [2.75, 3.05) is 7.11 Å². The number of nitrogens with zero attached hydrogens (tertiary/aromatic N) is 1. The van der Waals surface area contributed by atoms with E-state index in [1.54, 1.807) is 25.3 Å². The van der Waals surface area contributed by atoms with Gasteiger partial charge in [0.25, 0.3) is 0 Å². The van der Waals surface area contributed by atoms with Gasteiger partial charge in [-0.25, -0.2) is 0 Å². The highest BCUT2D eigenvalue weighted by Crippen LogP contribution is 2.31. The zero-order chi connectivity index (χ0) is 13.0. The third-order valence-corrected chi connectivity index (χ3v) is 2.54. The first kappa shape index (κ1) is 12.4. The molecule has 4 heteroatoms. The molecule has 0 fully saturated rings. The largest absolute Gasteiger partial charge is 0.493 e. The number of aryl methyl sites for hydroxylation is 1. The van der Waals surface area contributed by atoms with E-state index in [4.69, 9.17) is 9.47 Å². The molecule has 0 amide bonds. The van der Waals surface area contributed by atoms with Crippen LogP contribution in [-0.2, 0) is 6.42 Å². The first-order valence-electron chi connectivity index (χ1n) is 5.70. The summed E-state index contributed by atoms with van der Waals surface area (Å²) in [5.41, 5.74) is 1.14. The smallest absolute Gasteiger partial charge is 0.222 e. The lowest BCUT2D eigenvalue weighted by molar-refractivity contribution is 0.370. The molecule has 0 spiro atoms. The van der Waals surface area contributed by atoms with Crippen molar-refractivity contribution in [2.45, 2.75) is 13.3 Å². The van der Waals surface area contributed by atoms with Crippen LogP contribution in [0.3, 0.4) is 0 Å². The third-order valence-electron chi connectivity index (χ3n) is 2.54. The molecule has 1 heterocycles. The van der Waals surface area contributed by atoms with Crippen LogP contribution >= 0.6 is 0 Å². The van der Waals surface area contributed by atoms with E-state index in [0.717, 1.165) is 12.0 Å². The Labute approximate surface area is 105 Å². The molecule has 1 aromatic carbocycles. The van der Waals surface area contributed by atoms with Gasteiger partial charge in [-0.3, -0.25) is 0 Å². The van der Waals surface area contributed by atoms with Gasteiger partial charge >= 0.3 is 0 Å². The Morgan fingerprint density at radius 2 is 2.00 bits per heavy atom. The van der Waals surface area contributed by atoms with Crippen molar-refractivity contribution in [1.29, 1.82) is 0 Å². The Balaban J connectivity index is 2.28. The van der Waals surface area contributed by atoms with Crippen LogP contribution < -0.4 is 9.47 Å². The van der Waals surface area contributed by atoms with Crippen LogP contribution in [0.1, 0.15) is 12.5 Å². The molecule has 0 aliphatic carbocycles. The number of hydrogen-bond donors (Lipinski definition) is 0. The summed E-state index contributed by atoms with van der Waals surface area (Å²) in [5, 5.41) is 0. The fourth-order valence-corrected chi connectivity index (χ4v) is 1.58. The minimum Gasteiger partial charge on any atom is -0.493 e. The van der Waals surface area contributed by atoms with Gasteiger partial charge in [-0.05, 0) is 30.2 Å². The number of halogens is 1. The standard InChI is InChI=1S/C14H14FNO2/c1-3-10-7-8-11(12(9-10)17-2)18-14-6-4-5-13(15)16-14/h4-9H,3H2,1-2H3. The first-order valence-corrected chi connectivity index (χ1v) is 5.70. The average Bonchev–Trinajstić information content (AvgIpc) is 2.39. The van der Waals surface area contributed by atoms with Crippen molar-refractivity contribution in [2.24, 2.45) is 0 Å². The highest BCUT2D eigenvalue weighted by Gasteiger charge is 2.07. The summed E-state index contributed by atoms with van der Waals surface area (Å²) >= 11 is 0. The van der Waals surface area contributed by atoms with Crippen LogP contribution in [0.2, 0.25) is 0 Å². The van der Waals surface area contributed by atoms with Crippen molar-refractivity contribution in [3.8, 4) is 17.4 Å². The van der Waals surface area contributed by atoms with Crippen molar-refractivity contribution in [1.82, 2.24) is 4.98 Å². The van der Waals surface area contributed by atoms with Gasteiger partial charge in [-0.1, -0.05) is 19.1 Å². The molecular formula is C14H14FNO2. The Morgan fingerprint density at radius 1 is 1.17 bits per heavy atom. The molecule has 0 atom stereocenters. The van der Waals surface area contributed by atoms with Crippen molar-refractivity contribution in [3.05, 3.63) is 47.9 Å². The van der Waals surface area contributed by atoms with Gasteiger partial charge in [0, 0.05) is 6.07 Å². The molecule has 1 aromatic heterocycles. The van der Waals surface area contributed by atoms with E-state index in [0.29, 0.717) is 11.5 Å². The second-order valence-corrected chi connectivity index (χ2v) is 3.74. The Hall–Kier alpha value is -2.10. The van der Waals surface area contributed by atoms with E-state index >= 15 is 0 Å². The van der Waals surface area contributed by atoms with E-state index in [2.05, 4.69) is 11.9 Å². The normalized spacial score (nSPS) is 10.2. The molecule has 0 saturated carbocycles. The van der Waals surface area contributed by atoms with Gasteiger partial charge in [0.05, 0.1) is 7.11 Å². The van der Waals surface area contributed by atoms with Crippen LogP contribution in [0.5, 0.6) is 17.4 Å². The van der Waals surface area contributed by atoms with Gasteiger partial charge in [-0.2, -0.15) is 9.37 Å². The fraction of sp³-hybridized carbons (Fsp3) is 0.214. The summed E-state index contributed by atoms with van der Waals surface area (Å²) in [4.78, 5) is 3.64. The van der Waals surface area contributed by atoms with E-state index in [9.17, 15) is 4.39 Å². The average molecular weight is 247 g/mol. The monoisotopic (exact) mass is 247 g/mol. The SMILES string of the molecule is CCc1ccc(Oc2cccc(F)n2)c(OC)c1. The lowest BCUT2D eigenvalue weighted by Crippen LogP contribution is -1.94. The molecule has 0 aliphatic rings. The van der Waals surface area contributed by atoms with E-state index in [1.807, 2.05) is 12.1 Å². The molecule has 2 rings (SSSR count). The predicted octanol–water partition coefficient (Wildman–Crippen LogP) is 3.58. The third kappa shape index (κ3) is 2.77. The Kier molecular flexibility index (Phi) is 3.77. The van der Waals surface area contributed by atoms with Crippen LogP contribution in [0.4, 0.5) is 4.39 Å². The molecule has 0 aliphatic heterocycles. The van der Waals surface area contributed by atoms with E-state index in [1.165, 1.54) is 6.07 Å². The number of aromatic nitrogens is 1. The maximum atomic E-state index is 12.9. The fourth-order valence-electron chi connectivity index (χ4n) is 1.58. The minimum absolute atomic E-state index is 0.206. The van der Waals surface area contributed by atoms with Gasteiger partial charge in [0.15, 0.2) is 11.5 Å². The highest BCUT2D eigenvalue weighted by molar-refractivity contribution is 5.44. The summed E-state index contributed by atoms with van der Waals surface area (Å²) in [6.07, 6.45) is 0.912. The molecule has 0 saturated heterocycles. The molecular weight excluding hydrogens is 233 g/mol. The van der Waals surface area contributed by atoms with Gasteiger partial charge in [0.1, 0.15) is 0 Å². The summed E-state index contributed by atoms with van der Waals surface area (Å²) in [5.74, 6) is 0.766. The van der Waals surface area contributed by atoms with Crippen molar-refractivity contribution in [3.63, 3.8) is 0 Å². The second-order valence-electron chi connectivity index (χ2n) is 3.74. The summed E-state index contributed by atoms with van der Waals surface area (Å²) in [6, 6.07) is 10.0. The topological polar surface area (TPSA) is 31.4 Å². The lowest BCUT2D eigenvalue weighted by Gasteiger charge is -2.10. The molecule has 2 aromatic rings. The van der Waals surface area contributed by atoms with Crippen molar-refractivity contribution >= 4 is 0 Å². The zero-order valence-corrected chi connectivity index (χ0v) is 10.3. The number of rotatable bonds is 4. The second kappa shape index (κ2) is 5.49.